The molecule has 96 valence electrons. The third-order valence-corrected chi connectivity index (χ3v) is 4.06. The van der Waals surface area contributed by atoms with E-state index in [0.29, 0.717) is 5.56 Å². The van der Waals surface area contributed by atoms with E-state index in [-0.39, 0.29) is 6.54 Å². The first-order chi connectivity index (χ1) is 7.91. The number of carboxylic acids is 1. The van der Waals surface area contributed by atoms with Crippen molar-refractivity contribution >= 4 is 27.3 Å². The van der Waals surface area contributed by atoms with Crippen LogP contribution in [0.3, 0.4) is 0 Å². The quantitative estimate of drug-likeness (QED) is 0.660. The van der Waals surface area contributed by atoms with Crippen LogP contribution in [0.15, 0.2) is 16.8 Å². The maximum Gasteiger partial charge on any atom is 0.304 e. The maximum atomic E-state index is 11.3. The summed E-state index contributed by atoms with van der Waals surface area (Å²) in [7, 11) is -3.65. The van der Waals surface area contributed by atoms with E-state index in [1.54, 1.807) is 16.8 Å². The van der Waals surface area contributed by atoms with Gasteiger partial charge in [-0.2, -0.15) is 11.3 Å². The van der Waals surface area contributed by atoms with Crippen LogP contribution in [0.5, 0.6) is 0 Å². The number of aliphatic carboxylic acids is 1. The van der Waals surface area contributed by atoms with Crippen molar-refractivity contribution in [1.29, 1.82) is 0 Å². The van der Waals surface area contributed by atoms with Crippen LogP contribution >= 0.6 is 11.3 Å². The van der Waals surface area contributed by atoms with Crippen LogP contribution in [0.2, 0.25) is 0 Å². The predicted octanol–water partition coefficient (Wildman–Crippen LogP) is 0.176. The highest BCUT2D eigenvalue weighted by Gasteiger charge is 2.15. The molecular weight excluding hydrogens is 266 g/mol. The molecule has 0 bridgehead atoms. The van der Waals surface area contributed by atoms with E-state index in [2.05, 4.69) is 4.72 Å². The predicted molar refractivity (Wildman–Crippen MR) is 63.3 cm³/mol. The molecule has 1 rings (SSSR count). The molecule has 1 heterocycles. The van der Waals surface area contributed by atoms with Gasteiger partial charge in [0.05, 0.1) is 18.3 Å². The largest absolute Gasteiger partial charge is 0.481 e. The van der Waals surface area contributed by atoms with E-state index in [0.717, 1.165) is 0 Å². The fourth-order valence-corrected chi connectivity index (χ4v) is 2.79. The van der Waals surface area contributed by atoms with E-state index in [4.69, 9.17) is 5.11 Å². The van der Waals surface area contributed by atoms with Crippen molar-refractivity contribution in [3.8, 4) is 0 Å². The lowest BCUT2D eigenvalue weighted by Crippen LogP contribution is -2.31. The maximum absolute atomic E-state index is 11.3. The molecule has 1 aromatic rings. The Hall–Kier alpha value is -0.960. The third-order valence-electron chi connectivity index (χ3n) is 2.01. The number of hydrogen-bond donors (Lipinski definition) is 3. The van der Waals surface area contributed by atoms with Crippen molar-refractivity contribution in [3.63, 3.8) is 0 Å². The van der Waals surface area contributed by atoms with Gasteiger partial charge < -0.3 is 10.2 Å². The molecule has 1 unspecified atom stereocenters. The number of aliphatic hydroxyl groups excluding tert-OH is 1. The number of nitrogens with one attached hydrogen (secondary N) is 1. The van der Waals surface area contributed by atoms with Gasteiger partial charge in [-0.15, -0.1) is 0 Å². The van der Waals surface area contributed by atoms with E-state index in [9.17, 15) is 18.3 Å². The molecule has 0 amide bonds. The Morgan fingerprint density at radius 2 is 2.24 bits per heavy atom. The minimum atomic E-state index is -3.65. The number of sulfonamides is 1. The molecule has 0 aromatic carbocycles. The smallest absolute Gasteiger partial charge is 0.304 e. The molecule has 0 spiro atoms. The summed E-state index contributed by atoms with van der Waals surface area (Å²) in [6.45, 7) is -0.154. The number of carbonyl (C=O) groups is 1. The average Bonchev–Trinajstić information content (AvgIpc) is 2.77. The lowest BCUT2D eigenvalue weighted by atomic mass is 10.2. The summed E-state index contributed by atoms with van der Waals surface area (Å²) in [4.78, 5) is 10.2. The van der Waals surface area contributed by atoms with Crippen molar-refractivity contribution in [2.75, 3.05) is 12.3 Å². The Kier molecular flexibility index (Phi) is 5.06. The fraction of sp³-hybridized carbons (Fsp3) is 0.444. The van der Waals surface area contributed by atoms with Gasteiger partial charge in [0.2, 0.25) is 10.0 Å². The zero-order valence-corrected chi connectivity index (χ0v) is 10.5. The van der Waals surface area contributed by atoms with Crippen molar-refractivity contribution in [3.05, 3.63) is 22.4 Å². The van der Waals surface area contributed by atoms with Crippen LogP contribution in [-0.4, -0.2) is 36.9 Å². The monoisotopic (exact) mass is 279 g/mol. The number of aliphatic hydroxyl groups is 1. The minimum absolute atomic E-state index is 0.154. The van der Waals surface area contributed by atoms with Gasteiger partial charge in [0.1, 0.15) is 0 Å². The van der Waals surface area contributed by atoms with Crippen LogP contribution in [0, 0.1) is 0 Å². The van der Waals surface area contributed by atoms with Crippen molar-refractivity contribution in [1.82, 2.24) is 4.72 Å². The van der Waals surface area contributed by atoms with E-state index >= 15 is 0 Å². The van der Waals surface area contributed by atoms with Gasteiger partial charge in [-0.25, -0.2) is 13.1 Å². The molecule has 0 radical (unpaired) electrons. The second-order valence-electron chi connectivity index (χ2n) is 3.38. The molecular formula is C9H13NO5S2. The average molecular weight is 279 g/mol. The zero-order valence-electron chi connectivity index (χ0n) is 8.87. The topological polar surface area (TPSA) is 104 Å². The molecule has 17 heavy (non-hydrogen) atoms. The molecule has 6 nitrogen and oxygen atoms in total. The summed E-state index contributed by atoms with van der Waals surface area (Å²) in [5.74, 6) is -1.66. The summed E-state index contributed by atoms with van der Waals surface area (Å²) in [5.41, 5.74) is 0.635. The van der Waals surface area contributed by atoms with Crippen molar-refractivity contribution in [2.24, 2.45) is 0 Å². The van der Waals surface area contributed by atoms with Gasteiger partial charge in [-0.3, -0.25) is 4.79 Å². The van der Waals surface area contributed by atoms with Crippen LogP contribution in [0.4, 0.5) is 0 Å². The second-order valence-corrected chi connectivity index (χ2v) is 6.09. The summed E-state index contributed by atoms with van der Waals surface area (Å²) in [6.07, 6.45) is -1.37. The second kappa shape index (κ2) is 6.10. The molecule has 0 aliphatic heterocycles. The molecule has 0 saturated heterocycles. The first kappa shape index (κ1) is 14.1. The number of carboxylic acid groups (broad SMARTS) is 1. The van der Waals surface area contributed by atoms with E-state index in [1.807, 2.05) is 0 Å². The van der Waals surface area contributed by atoms with Gasteiger partial charge in [0, 0.05) is 6.54 Å². The van der Waals surface area contributed by atoms with Gasteiger partial charge in [0.25, 0.3) is 0 Å². The van der Waals surface area contributed by atoms with Crippen LogP contribution < -0.4 is 4.72 Å². The Bertz CT molecular complexity index is 454. The molecule has 0 aliphatic carbocycles. The van der Waals surface area contributed by atoms with Crippen molar-refractivity contribution in [2.45, 2.75) is 12.5 Å². The van der Waals surface area contributed by atoms with Gasteiger partial charge in [-0.05, 0) is 22.4 Å². The summed E-state index contributed by atoms with van der Waals surface area (Å²) < 4.78 is 24.8. The van der Waals surface area contributed by atoms with E-state index < -0.39 is 34.3 Å². The Labute approximate surface area is 103 Å². The van der Waals surface area contributed by atoms with Crippen LogP contribution in [0.1, 0.15) is 18.1 Å². The van der Waals surface area contributed by atoms with Crippen LogP contribution in [-0.2, 0) is 14.8 Å². The number of thiophene rings is 1. The highest BCUT2D eigenvalue weighted by molar-refractivity contribution is 7.89. The summed E-state index contributed by atoms with van der Waals surface area (Å²) in [5, 5.41) is 21.5. The molecule has 1 atom stereocenters. The first-order valence-corrected chi connectivity index (χ1v) is 7.39. The minimum Gasteiger partial charge on any atom is -0.481 e. The van der Waals surface area contributed by atoms with Gasteiger partial charge in [0.15, 0.2) is 0 Å². The molecule has 3 N–H and O–H groups in total. The first-order valence-electron chi connectivity index (χ1n) is 4.80. The standard InChI is InChI=1S/C9H13NO5S2/c11-8(7-1-3-16-6-7)5-10-17(14,15)4-2-9(12)13/h1,3,6,8,10-11H,2,4-5H2,(H,12,13). The molecule has 0 fully saturated rings. The Morgan fingerprint density at radius 1 is 1.53 bits per heavy atom. The van der Waals surface area contributed by atoms with E-state index in [1.165, 1.54) is 11.3 Å². The van der Waals surface area contributed by atoms with Gasteiger partial charge >= 0.3 is 5.97 Å². The Morgan fingerprint density at radius 3 is 2.76 bits per heavy atom. The highest BCUT2D eigenvalue weighted by atomic mass is 32.2. The summed E-state index contributed by atoms with van der Waals surface area (Å²) in [6, 6.07) is 1.70. The molecule has 1 aromatic heterocycles. The number of hydrogen-bond acceptors (Lipinski definition) is 5. The third kappa shape index (κ3) is 5.26. The van der Waals surface area contributed by atoms with Crippen molar-refractivity contribution < 1.29 is 23.4 Å². The molecule has 0 saturated carbocycles. The Balaban J connectivity index is 2.42. The highest BCUT2D eigenvalue weighted by Crippen LogP contribution is 2.15. The summed E-state index contributed by atoms with van der Waals surface area (Å²) >= 11 is 1.40. The van der Waals surface area contributed by atoms with Crippen LogP contribution in [0.25, 0.3) is 0 Å². The zero-order chi connectivity index (χ0) is 12.9. The fourth-order valence-electron chi connectivity index (χ4n) is 1.08. The normalized spacial score (nSPS) is 13.5. The number of rotatable bonds is 7. The SMILES string of the molecule is O=C(O)CCS(=O)(=O)NCC(O)c1ccsc1. The molecule has 8 heteroatoms. The molecule has 0 aliphatic rings. The lowest BCUT2D eigenvalue weighted by Gasteiger charge is -2.10. The van der Waals surface area contributed by atoms with Gasteiger partial charge in [-0.1, -0.05) is 0 Å². The lowest BCUT2D eigenvalue weighted by molar-refractivity contribution is -0.136.